The average molecular weight is 453 g/mol. The van der Waals surface area contributed by atoms with Gasteiger partial charge in [0.2, 0.25) is 0 Å². The monoisotopic (exact) mass is 452 g/mol. The van der Waals surface area contributed by atoms with Crippen LogP contribution in [0.4, 0.5) is 0 Å². The van der Waals surface area contributed by atoms with Crippen LogP contribution in [0.1, 0.15) is 81.4 Å². The number of aliphatic hydroxyl groups excluding tert-OH is 3. The highest BCUT2D eigenvalue weighted by atomic mass is 35.5. The number of benzene rings is 1. The molecule has 0 heterocycles. The van der Waals surface area contributed by atoms with Crippen molar-refractivity contribution in [1.82, 2.24) is 0 Å². The molecule has 174 valence electrons. The molecule has 5 nitrogen and oxygen atoms in total. The zero-order valence-electron chi connectivity index (χ0n) is 18.5. The van der Waals surface area contributed by atoms with E-state index in [0.29, 0.717) is 19.3 Å². The maximum atomic E-state index is 11.4. The molecule has 0 spiro atoms. The van der Waals surface area contributed by atoms with Crippen LogP contribution < -0.4 is 0 Å². The molecule has 0 saturated heterocycles. The standard InChI is InChI=1S/C25H37ClO5/c1-2-3-9-22(28)18-11-13-19(14-12-18)25-20(21(26)17-23(25)29)8-6-4-5-7-10-24(30)31-16-15-27/h4,6,11-14,20-23,25,27-29H,2-3,5,7-10,15-17H2,1H3/t20-,21+,22?,23+,25+/m0/s1. The number of alkyl halides is 1. The van der Waals surface area contributed by atoms with Gasteiger partial charge in [-0.1, -0.05) is 56.2 Å². The highest BCUT2D eigenvalue weighted by Crippen LogP contribution is 2.45. The topological polar surface area (TPSA) is 87.0 Å². The largest absolute Gasteiger partial charge is 0.463 e. The highest BCUT2D eigenvalue weighted by Gasteiger charge is 2.41. The van der Waals surface area contributed by atoms with Crippen LogP contribution in [0, 0.1) is 5.92 Å². The fraction of sp³-hybridized carbons (Fsp3) is 0.640. The minimum absolute atomic E-state index is 0.0255. The molecule has 0 aliphatic heterocycles. The third kappa shape index (κ3) is 8.23. The van der Waals surface area contributed by atoms with E-state index in [9.17, 15) is 15.0 Å². The third-order valence-electron chi connectivity index (χ3n) is 6.03. The minimum Gasteiger partial charge on any atom is -0.463 e. The molecule has 5 atom stereocenters. The number of halogens is 1. The van der Waals surface area contributed by atoms with E-state index in [1.54, 1.807) is 0 Å². The van der Waals surface area contributed by atoms with E-state index >= 15 is 0 Å². The lowest BCUT2D eigenvalue weighted by molar-refractivity contribution is -0.144. The lowest BCUT2D eigenvalue weighted by atomic mass is 9.84. The first kappa shape index (κ1) is 25.9. The second-order valence-corrected chi connectivity index (χ2v) is 8.94. The quantitative estimate of drug-likeness (QED) is 0.176. The summed E-state index contributed by atoms with van der Waals surface area (Å²) in [4.78, 5) is 11.4. The van der Waals surface area contributed by atoms with Gasteiger partial charge in [0, 0.05) is 17.7 Å². The van der Waals surface area contributed by atoms with E-state index in [4.69, 9.17) is 21.4 Å². The Morgan fingerprint density at radius 3 is 2.68 bits per heavy atom. The van der Waals surface area contributed by atoms with Crippen LogP contribution >= 0.6 is 11.6 Å². The summed E-state index contributed by atoms with van der Waals surface area (Å²) in [6, 6.07) is 7.96. The molecule has 0 aromatic heterocycles. The number of aliphatic hydroxyl groups is 3. The molecular weight excluding hydrogens is 416 g/mol. The maximum Gasteiger partial charge on any atom is 0.305 e. The van der Waals surface area contributed by atoms with E-state index < -0.39 is 12.2 Å². The Labute approximate surface area is 191 Å². The molecular formula is C25H37ClO5. The zero-order chi connectivity index (χ0) is 22.6. The zero-order valence-corrected chi connectivity index (χ0v) is 19.2. The Hall–Kier alpha value is -1.40. The van der Waals surface area contributed by atoms with Crippen LogP contribution in [0.2, 0.25) is 0 Å². The summed E-state index contributed by atoms with van der Waals surface area (Å²) in [7, 11) is 0. The summed E-state index contributed by atoms with van der Waals surface area (Å²) < 4.78 is 4.84. The lowest BCUT2D eigenvalue weighted by Crippen LogP contribution is -2.18. The summed E-state index contributed by atoms with van der Waals surface area (Å²) in [5.74, 6) is -0.175. The van der Waals surface area contributed by atoms with Crippen LogP contribution in [0.5, 0.6) is 0 Å². The lowest BCUT2D eigenvalue weighted by Gasteiger charge is -2.23. The van der Waals surface area contributed by atoms with Crippen molar-refractivity contribution in [3.05, 3.63) is 47.5 Å². The van der Waals surface area contributed by atoms with Crippen molar-refractivity contribution >= 4 is 17.6 Å². The van der Waals surface area contributed by atoms with Crippen LogP contribution in [-0.2, 0) is 9.53 Å². The molecule has 1 saturated carbocycles. The van der Waals surface area contributed by atoms with E-state index in [0.717, 1.165) is 43.2 Å². The fourth-order valence-electron chi connectivity index (χ4n) is 4.30. The number of allylic oxidation sites excluding steroid dienone is 2. The van der Waals surface area contributed by atoms with Crippen LogP contribution in [0.25, 0.3) is 0 Å². The van der Waals surface area contributed by atoms with Crippen molar-refractivity contribution in [3.8, 4) is 0 Å². The Bertz CT molecular complexity index is 675. The normalized spacial score (nSPS) is 24.5. The molecule has 0 amide bonds. The van der Waals surface area contributed by atoms with Gasteiger partial charge in [-0.25, -0.2) is 0 Å². The van der Waals surface area contributed by atoms with Gasteiger partial charge < -0.3 is 20.1 Å². The Morgan fingerprint density at radius 2 is 2.00 bits per heavy atom. The van der Waals surface area contributed by atoms with E-state index in [1.807, 2.05) is 24.3 Å². The van der Waals surface area contributed by atoms with Gasteiger partial charge in [-0.2, -0.15) is 0 Å². The molecule has 2 rings (SSSR count). The number of unbranched alkanes of at least 4 members (excludes halogenated alkanes) is 2. The van der Waals surface area contributed by atoms with Gasteiger partial charge in [0.25, 0.3) is 0 Å². The van der Waals surface area contributed by atoms with Gasteiger partial charge >= 0.3 is 5.97 Å². The second-order valence-electron chi connectivity index (χ2n) is 8.38. The molecule has 1 aliphatic rings. The molecule has 3 N–H and O–H groups in total. The number of rotatable bonds is 13. The second kappa shape index (κ2) is 13.9. The molecule has 31 heavy (non-hydrogen) atoms. The number of ether oxygens (including phenoxy) is 1. The van der Waals surface area contributed by atoms with Crippen molar-refractivity contribution in [2.24, 2.45) is 5.92 Å². The first-order chi connectivity index (χ1) is 15.0. The number of hydrogen-bond acceptors (Lipinski definition) is 5. The fourth-order valence-corrected chi connectivity index (χ4v) is 4.74. The van der Waals surface area contributed by atoms with Crippen LogP contribution in [0.3, 0.4) is 0 Å². The van der Waals surface area contributed by atoms with Crippen LogP contribution in [0.15, 0.2) is 36.4 Å². The number of hydrogen-bond donors (Lipinski definition) is 3. The summed E-state index contributed by atoms with van der Waals surface area (Å²) in [5.41, 5.74) is 1.98. The van der Waals surface area contributed by atoms with E-state index in [1.165, 1.54) is 0 Å². The Morgan fingerprint density at radius 1 is 1.26 bits per heavy atom. The van der Waals surface area contributed by atoms with Gasteiger partial charge in [-0.05, 0) is 49.1 Å². The minimum atomic E-state index is -0.474. The summed E-state index contributed by atoms with van der Waals surface area (Å²) in [5, 5.41) is 29.5. The van der Waals surface area contributed by atoms with E-state index in [-0.39, 0.29) is 36.4 Å². The molecule has 1 aromatic rings. The Balaban J connectivity index is 1.89. The van der Waals surface area contributed by atoms with Crippen molar-refractivity contribution in [2.45, 2.75) is 81.8 Å². The predicted molar refractivity (Wildman–Crippen MR) is 123 cm³/mol. The molecule has 1 aliphatic carbocycles. The molecule has 6 heteroatoms. The van der Waals surface area contributed by atoms with Gasteiger partial charge in [-0.3, -0.25) is 4.79 Å². The average Bonchev–Trinajstić information content (AvgIpc) is 3.05. The molecule has 0 radical (unpaired) electrons. The molecule has 1 aromatic carbocycles. The molecule has 1 fully saturated rings. The summed E-state index contributed by atoms with van der Waals surface area (Å²) >= 11 is 6.57. The molecule has 1 unspecified atom stereocenters. The predicted octanol–water partition coefficient (Wildman–Crippen LogP) is 4.63. The Kier molecular flexibility index (Phi) is 11.6. The SMILES string of the molecule is CCCCC(O)c1ccc([C@@H]2[C@@H](CC=CCCCC(=O)OCCO)[C@H](Cl)C[C@H]2O)cc1. The van der Waals surface area contributed by atoms with E-state index in [2.05, 4.69) is 19.1 Å². The number of esters is 1. The third-order valence-corrected chi connectivity index (χ3v) is 6.53. The smallest absolute Gasteiger partial charge is 0.305 e. The van der Waals surface area contributed by atoms with Gasteiger partial charge in [0.1, 0.15) is 6.61 Å². The first-order valence-electron chi connectivity index (χ1n) is 11.5. The number of carbonyl (C=O) groups is 1. The first-order valence-corrected chi connectivity index (χ1v) is 11.9. The van der Waals surface area contributed by atoms with Gasteiger partial charge in [-0.15, -0.1) is 11.6 Å². The van der Waals surface area contributed by atoms with Crippen molar-refractivity contribution in [3.63, 3.8) is 0 Å². The summed E-state index contributed by atoms with van der Waals surface area (Å²) in [6.07, 6.45) is 9.19. The van der Waals surface area contributed by atoms with Crippen molar-refractivity contribution in [2.75, 3.05) is 13.2 Å². The number of carbonyl (C=O) groups excluding carboxylic acids is 1. The molecule has 0 bridgehead atoms. The van der Waals surface area contributed by atoms with Gasteiger partial charge in [0.15, 0.2) is 0 Å². The van der Waals surface area contributed by atoms with Gasteiger partial charge in [0.05, 0.1) is 18.8 Å². The summed E-state index contributed by atoms with van der Waals surface area (Å²) in [6.45, 7) is 2.01. The van der Waals surface area contributed by atoms with Crippen molar-refractivity contribution in [1.29, 1.82) is 0 Å². The van der Waals surface area contributed by atoms with Crippen LogP contribution in [-0.4, -0.2) is 46.0 Å². The van der Waals surface area contributed by atoms with Crippen molar-refractivity contribution < 1.29 is 24.9 Å². The maximum absolute atomic E-state index is 11.4. The highest BCUT2D eigenvalue weighted by molar-refractivity contribution is 6.21.